The molecule has 0 saturated carbocycles. The molecule has 1 rings (SSSR count). The van der Waals surface area contributed by atoms with Crippen LogP contribution in [0.1, 0.15) is 50.1 Å². The van der Waals surface area contributed by atoms with Gasteiger partial charge in [-0.1, -0.05) is 43.2 Å². The Kier molecular flexibility index (Phi) is 17.0. The molecule has 0 aliphatic carbocycles. The van der Waals surface area contributed by atoms with E-state index >= 15 is 0 Å². The third-order valence-corrected chi connectivity index (χ3v) is 3.20. The lowest BCUT2D eigenvalue weighted by Gasteiger charge is -2.09. The fourth-order valence-electron chi connectivity index (χ4n) is 2.00. The molecule has 122 valence electrons. The monoisotopic (exact) mass is 333 g/mol. The molecule has 0 amide bonds. The summed E-state index contributed by atoms with van der Waals surface area (Å²) in [5.41, 5.74) is 12.8. The Morgan fingerprint density at radius 2 is 1.67 bits per heavy atom. The molecule has 0 radical (unpaired) electrons. The second-order valence-electron chi connectivity index (χ2n) is 4.89. The van der Waals surface area contributed by atoms with Crippen molar-refractivity contribution in [3.63, 3.8) is 0 Å². The molecule has 5 heteroatoms. The molecule has 3 nitrogen and oxygen atoms in total. The Morgan fingerprint density at radius 1 is 1.00 bits per heavy atom. The van der Waals surface area contributed by atoms with Gasteiger partial charge in [-0.3, -0.25) is 4.99 Å². The van der Waals surface area contributed by atoms with Gasteiger partial charge in [0.05, 0.1) is 0 Å². The summed E-state index contributed by atoms with van der Waals surface area (Å²) in [4.78, 5) is 4.42. The molecule has 0 spiro atoms. The number of hydrogen-bond donors (Lipinski definition) is 2. The number of hydrogen-bond acceptors (Lipinski definition) is 3. The Bertz CT molecular complexity index is 345. The van der Waals surface area contributed by atoms with Crippen molar-refractivity contribution in [2.75, 3.05) is 13.1 Å². The number of nitrogens with two attached hydrogens (primary N) is 2. The van der Waals surface area contributed by atoms with Crippen LogP contribution < -0.4 is 11.5 Å². The Hall–Kier alpha value is -0.610. The molecule has 0 aliphatic heterocycles. The number of unbranched alkanes of at least 4 members (excludes halogenated alkanes) is 3. The predicted octanol–water partition coefficient (Wildman–Crippen LogP) is 3.90. The van der Waals surface area contributed by atoms with Crippen LogP contribution in [0.2, 0.25) is 0 Å². The largest absolute Gasteiger partial charge is 0.330 e. The van der Waals surface area contributed by atoms with Crippen molar-refractivity contribution in [3.8, 4) is 0 Å². The van der Waals surface area contributed by atoms with E-state index in [0.29, 0.717) is 0 Å². The normalized spacial score (nSPS) is 11.7. The van der Waals surface area contributed by atoms with Crippen molar-refractivity contribution in [1.29, 1.82) is 0 Å². The van der Waals surface area contributed by atoms with Gasteiger partial charge in [-0.05, 0) is 44.0 Å². The van der Waals surface area contributed by atoms with Crippen LogP contribution in [0.4, 0.5) is 0 Å². The predicted molar refractivity (Wildman–Crippen MR) is 98.0 cm³/mol. The van der Waals surface area contributed by atoms with E-state index in [1.54, 1.807) is 0 Å². The van der Waals surface area contributed by atoms with Crippen LogP contribution in [0.5, 0.6) is 0 Å². The van der Waals surface area contributed by atoms with E-state index in [2.05, 4.69) is 17.1 Å². The summed E-state index contributed by atoms with van der Waals surface area (Å²) in [7, 11) is 0. The molecule has 0 heterocycles. The number of nitrogens with zero attached hydrogens (tertiary/aromatic N) is 1. The average molecular weight is 334 g/mol. The van der Waals surface area contributed by atoms with E-state index in [4.69, 9.17) is 11.5 Å². The van der Waals surface area contributed by atoms with Gasteiger partial charge >= 0.3 is 0 Å². The van der Waals surface area contributed by atoms with Crippen molar-refractivity contribution in [1.82, 2.24) is 0 Å². The number of benzene rings is 1. The van der Waals surface area contributed by atoms with E-state index in [9.17, 15) is 0 Å². The average Bonchev–Trinajstić information content (AvgIpc) is 2.46. The van der Waals surface area contributed by atoms with Gasteiger partial charge in [0.15, 0.2) is 0 Å². The van der Waals surface area contributed by atoms with E-state index in [1.165, 1.54) is 24.8 Å². The molecule has 0 fully saturated rings. The highest BCUT2D eigenvalue weighted by Gasteiger charge is 2.02. The van der Waals surface area contributed by atoms with Crippen LogP contribution in [-0.4, -0.2) is 19.3 Å². The zero-order valence-electron chi connectivity index (χ0n) is 12.6. The SMILES string of the molecule is Cl.Cl.NCCCCCCN=CCCC(N)c1ccccc1. The van der Waals surface area contributed by atoms with Gasteiger partial charge in [-0.2, -0.15) is 0 Å². The van der Waals surface area contributed by atoms with Crippen molar-refractivity contribution in [2.24, 2.45) is 16.5 Å². The summed E-state index contributed by atoms with van der Waals surface area (Å²) in [6.07, 6.45) is 8.70. The maximum atomic E-state index is 6.12. The molecule has 0 saturated heterocycles. The zero-order chi connectivity index (χ0) is 13.8. The summed E-state index contributed by atoms with van der Waals surface area (Å²) < 4.78 is 0. The number of aliphatic imine (C=N–C) groups is 1. The third kappa shape index (κ3) is 11.7. The molecular weight excluding hydrogens is 305 g/mol. The van der Waals surface area contributed by atoms with Gasteiger partial charge in [0.1, 0.15) is 0 Å². The highest BCUT2D eigenvalue weighted by molar-refractivity contribution is 5.85. The second kappa shape index (κ2) is 15.8. The van der Waals surface area contributed by atoms with E-state index in [1.807, 2.05) is 24.4 Å². The van der Waals surface area contributed by atoms with Gasteiger partial charge in [-0.15, -0.1) is 24.8 Å². The number of halogens is 2. The van der Waals surface area contributed by atoms with Gasteiger partial charge in [0.25, 0.3) is 0 Å². The first-order valence-electron chi connectivity index (χ1n) is 7.33. The summed E-state index contributed by atoms with van der Waals surface area (Å²) in [6.45, 7) is 1.74. The van der Waals surface area contributed by atoms with E-state index < -0.39 is 0 Å². The minimum Gasteiger partial charge on any atom is -0.330 e. The second-order valence-corrected chi connectivity index (χ2v) is 4.89. The van der Waals surface area contributed by atoms with Gasteiger partial charge in [0, 0.05) is 12.6 Å². The molecular formula is C16H29Cl2N3. The molecule has 0 bridgehead atoms. The first kappa shape index (κ1) is 22.7. The highest BCUT2D eigenvalue weighted by atomic mass is 35.5. The third-order valence-electron chi connectivity index (χ3n) is 3.20. The van der Waals surface area contributed by atoms with Gasteiger partial charge < -0.3 is 11.5 Å². The summed E-state index contributed by atoms with van der Waals surface area (Å²) in [5.74, 6) is 0. The Balaban J connectivity index is 0. The van der Waals surface area contributed by atoms with Crippen LogP contribution in [0.25, 0.3) is 0 Å². The minimum atomic E-state index is 0. The molecule has 1 atom stereocenters. The lowest BCUT2D eigenvalue weighted by atomic mass is 10.0. The van der Waals surface area contributed by atoms with Crippen molar-refractivity contribution in [3.05, 3.63) is 35.9 Å². The van der Waals surface area contributed by atoms with E-state index in [-0.39, 0.29) is 30.9 Å². The van der Waals surface area contributed by atoms with Crippen molar-refractivity contribution >= 4 is 31.0 Å². The molecule has 21 heavy (non-hydrogen) atoms. The first-order valence-corrected chi connectivity index (χ1v) is 7.33. The topological polar surface area (TPSA) is 64.4 Å². The summed E-state index contributed by atoms with van der Waals surface area (Å²) >= 11 is 0. The molecule has 1 aromatic rings. The van der Waals surface area contributed by atoms with Gasteiger partial charge in [0.2, 0.25) is 0 Å². The zero-order valence-corrected chi connectivity index (χ0v) is 14.2. The maximum Gasteiger partial charge on any atom is 0.0385 e. The first-order chi connectivity index (χ1) is 9.34. The Morgan fingerprint density at radius 3 is 2.33 bits per heavy atom. The van der Waals surface area contributed by atoms with Crippen molar-refractivity contribution in [2.45, 2.75) is 44.6 Å². The molecule has 4 N–H and O–H groups in total. The van der Waals surface area contributed by atoms with Crippen LogP contribution >= 0.6 is 24.8 Å². The van der Waals surface area contributed by atoms with Crippen LogP contribution in [-0.2, 0) is 0 Å². The summed E-state index contributed by atoms with van der Waals surface area (Å²) in [6, 6.07) is 10.4. The van der Waals surface area contributed by atoms with Crippen molar-refractivity contribution < 1.29 is 0 Å². The molecule has 1 aromatic carbocycles. The standard InChI is InChI=1S/C16H27N3.2ClH/c17-12-6-1-2-7-13-19-14-8-11-16(18)15-9-4-3-5-10-15;;/h3-5,9-10,14,16H,1-2,6-8,11-13,17-18H2;2*1H. The quantitative estimate of drug-likeness (QED) is 0.503. The lowest BCUT2D eigenvalue weighted by Crippen LogP contribution is -2.09. The van der Waals surface area contributed by atoms with Gasteiger partial charge in [-0.25, -0.2) is 0 Å². The molecule has 0 aliphatic rings. The Labute approximate surface area is 141 Å². The highest BCUT2D eigenvalue weighted by Crippen LogP contribution is 2.14. The molecule has 0 aromatic heterocycles. The maximum absolute atomic E-state index is 6.12. The van der Waals surface area contributed by atoms with Crippen LogP contribution in [0, 0.1) is 0 Å². The molecule has 1 unspecified atom stereocenters. The lowest BCUT2D eigenvalue weighted by molar-refractivity contribution is 0.651. The smallest absolute Gasteiger partial charge is 0.0385 e. The van der Waals surface area contributed by atoms with Crippen LogP contribution in [0.15, 0.2) is 35.3 Å². The fraction of sp³-hybridized carbons (Fsp3) is 0.562. The fourth-order valence-corrected chi connectivity index (χ4v) is 2.00. The minimum absolute atomic E-state index is 0. The number of rotatable bonds is 10. The summed E-state index contributed by atoms with van der Waals surface area (Å²) in [5, 5.41) is 0. The van der Waals surface area contributed by atoms with Crippen LogP contribution in [0.3, 0.4) is 0 Å². The van der Waals surface area contributed by atoms with E-state index in [0.717, 1.165) is 32.4 Å².